The van der Waals surface area contributed by atoms with Gasteiger partial charge in [0.25, 0.3) is 0 Å². The van der Waals surface area contributed by atoms with E-state index >= 15 is 0 Å². The van der Waals surface area contributed by atoms with E-state index in [1.807, 2.05) is 0 Å². The van der Waals surface area contributed by atoms with Gasteiger partial charge in [0.05, 0.1) is 13.2 Å². The Morgan fingerprint density at radius 3 is 2.84 bits per heavy atom. The van der Waals surface area contributed by atoms with Gasteiger partial charge in [0.2, 0.25) is 0 Å². The smallest absolute Gasteiger partial charge is 0.0593 e. The fourth-order valence-electron chi connectivity index (χ4n) is 2.53. The highest BCUT2D eigenvalue weighted by Gasteiger charge is 2.21. The molecule has 0 radical (unpaired) electrons. The van der Waals surface area contributed by atoms with Crippen LogP contribution in [-0.2, 0) is 9.47 Å². The maximum atomic E-state index is 5.71. The first-order valence-corrected chi connectivity index (χ1v) is 7.75. The number of ether oxygens (including phenoxy) is 2. The van der Waals surface area contributed by atoms with Gasteiger partial charge in [0.15, 0.2) is 0 Å². The van der Waals surface area contributed by atoms with Crippen LogP contribution >= 0.6 is 0 Å². The minimum atomic E-state index is 0.632. The lowest BCUT2D eigenvalue weighted by molar-refractivity contribution is 0.0595. The van der Waals surface area contributed by atoms with Crippen LogP contribution in [0.5, 0.6) is 0 Å². The number of rotatable bonds is 10. The molecule has 1 aliphatic rings. The van der Waals surface area contributed by atoms with Crippen molar-refractivity contribution < 1.29 is 9.47 Å². The SMILES string of the molecule is COCCNCC1CCCCN1CCOCC(C)C. The van der Waals surface area contributed by atoms with Crippen molar-refractivity contribution in [1.29, 1.82) is 0 Å². The van der Waals surface area contributed by atoms with Crippen molar-refractivity contribution in [1.82, 2.24) is 10.2 Å². The van der Waals surface area contributed by atoms with Gasteiger partial charge in [-0.2, -0.15) is 0 Å². The average molecular weight is 272 g/mol. The summed E-state index contributed by atoms with van der Waals surface area (Å²) in [6.07, 6.45) is 4.00. The molecule has 0 aliphatic carbocycles. The lowest BCUT2D eigenvalue weighted by Crippen LogP contribution is -2.47. The summed E-state index contributed by atoms with van der Waals surface area (Å²) in [6.45, 7) is 11.3. The first-order chi connectivity index (χ1) is 9.24. The van der Waals surface area contributed by atoms with E-state index in [0.717, 1.165) is 39.5 Å². The van der Waals surface area contributed by atoms with Gasteiger partial charge >= 0.3 is 0 Å². The van der Waals surface area contributed by atoms with Crippen LogP contribution in [0.25, 0.3) is 0 Å². The Kier molecular flexibility index (Phi) is 9.43. The third kappa shape index (κ3) is 7.88. The molecule has 0 spiro atoms. The highest BCUT2D eigenvalue weighted by Crippen LogP contribution is 2.16. The molecule has 0 amide bonds. The highest BCUT2D eigenvalue weighted by atomic mass is 16.5. The average Bonchev–Trinajstić information content (AvgIpc) is 2.41. The van der Waals surface area contributed by atoms with Gasteiger partial charge < -0.3 is 14.8 Å². The molecule has 0 aromatic carbocycles. The van der Waals surface area contributed by atoms with Crippen molar-refractivity contribution >= 4 is 0 Å². The molecule has 1 unspecified atom stereocenters. The van der Waals surface area contributed by atoms with Crippen molar-refractivity contribution in [2.75, 3.05) is 53.1 Å². The molecule has 1 N–H and O–H groups in total. The Balaban J connectivity index is 2.16. The number of hydrogen-bond donors (Lipinski definition) is 1. The summed E-state index contributed by atoms with van der Waals surface area (Å²) in [6, 6.07) is 0.674. The molecule has 0 aromatic heterocycles. The van der Waals surface area contributed by atoms with Gasteiger partial charge in [0.1, 0.15) is 0 Å². The summed E-state index contributed by atoms with van der Waals surface area (Å²) >= 11 is 0. The summed E-state index contributed by atoms with van der Waals surface area (Å²) in [5.74, 6) is 0.632. The zero-order valence-electron chi connectivity index (χ0n) is 13.0. The Morgan fingerprint density at radius 1 is 1.26 bits per heavy atom. The van der Waals surface area contributed by atoms with E-state index in [1.54, 1.807) is 7.11 Å². The van der Waals surface area contributed by atoms with Crippen LogP contribution in [0.3, 0.4) is 0 Å². The van der Waals surface area contributed by atoms with E-state index in [1.165, 1.54) is 25.8 Å². The van der Waals surface area contributed by atoms with E-state index < -0.39 is 0 Å². The Bertz CT molecular complexity index is 212. The summed E-state index contributed by atoms with van der Waals surface area (Å²) in [7, 11) is 1.75. The van der Waals surface area contributed by atoms with Crippen molar-refractivity contribution in [2.24, 2.45) is 5.92 Å². The fourth-order valence-corrected chi connectivity index (χ4v) is 2.53. The monoisotopic (exact) mass is 272 g/mol. The van der Waals surface area contributed by atoms with Crippen LogP contribution in [0.15, 0.2) is 0 Å². The highest BCUT2D eigenvalue weighted by molar-refractivity contribution is 4.78. The number of likely N-dealkylation sites (tertiary alicyclic amines) is 1. The quantitative estimate of drug-likeness (QED) is 0.614. The van der Waals surface area contributed by atoms with Crippen molar-refractivity contribution in [3.05, 3.63) is 0 Å². The normalized spacial score (nSPS) is 21.2. The zero-order chi connectivity index (χ0) is 13.9. The first kappa shape index (κ1) is 16.9. The van der Waals surface area contributed by atoms with Gasteiger partial charge in [-0.25, -0.2) is 0 Å². The second kappa shape index (κ2) is 10.6. The number of nitrogens with zero attached hydrogens (tertiary/aromatic N) is 1. The second-order valence-electron chi connectivity index (χ2n) is 5.85. The third-order valence-electron chi connectivity index (χ3n) is 3.59. The molecule has 1 rings (SSSR count). The summed E-state index contributed by atoms with van der Waals surface area (Å²) in [4.78, 5) is 2.59. The van der Waals surface area contributed by atoms with E-state index in [4.69, 9.17) is 9.47 Å². The number of hydrogen-bond acceptors (Lipinski definition) is 4. The third-order valence-corrected chi connectivity index (χ3v) is 3.59. The Hall–Kier alpha value is -0.160. The van der Waals surface area contributed by atoms with Gasteiger partial charge in [-0.05, 0) is 25.3 Å². The van der Waals surface area contributed by atoms with Crippen molar-refractivity contribution in [2.45, 2.75) is 39.2 Å². The maximum absolute atomic E-state index is 5.71. The molecule has 114 valence electrons. The predicted molar refractivity (Wildman–Crippen MR) is 79.6 cm³/mol. The minimum absolute atomic E-state index is 0.632. The lowest BCUT2D eigenvalue weighted by Gasteiger charge is -2.35. The summed E-state index contributed by atoms with van der Waals surface area (Å²) in [5.41, 5.74) is 0. The molecular weight excluding hydrogens is 240 g/mol. The topological polar surface area (TPSA) is 33.7 Å². The zero-order valence-corrected chi connectivity index (χ0v) is 13.0. The molecule has 4 nitrogen and oxygen atoms in total. The Labute approximate surface area is 118 Å². The van der Waals surface area contributed by atoms with Crippen LogP contribution in [0, 0.1) is 5.92 Å². The van der Waals surface area contributed by atoms with E-state index in [-0.39, 0.29) is 0 Å². The van der Waals surface area contributed by atoms with Crippen LogP contribution in [-0.4, -0.2) is 64.1 Å². The molecule has 1 atom stereocenters. The molecule has 1 fully saturated rings. The molecule has 1 heterocycles. The number of nitrogens with one attached hydrogen (secondary N) is 1. The number of methoxy groups -OCH3 is 1. The molecule has 0 aromatic rings. The van der Waals surface area contributed by atoms with Gasteiger partial charge in [-0.3, -0.25) is 4.90 Å². The van der Waals surface area contributed by atoms with Crippen LogP contribution in [0.4, 0.5) is 0 Å². The molecular formula is C15H32N2O2. The molecule has 4 heteroatoms. The van der Waals surface area contributed by atoms with Gasteiger partial charge in [-0.1, -0.05) is 20.3 Å². The second-order valence-corrected chi connectivity index (χ2v) is 5.85. The van der Waals surface area contributed by atoms with E-state index in [0.29, 0.717) is 12.0 Å². The van der Waals surface area contributed by atoms with Gasteiger partial charge in [-0.15, -0.1) is 0 Å². The molecule has 1 aliphatic heterocycles. The maximum Gasteiger partial charge on any atom is 0.0593 e. The van der Waals surface area contributed by atoms with E-state index in [2.05, 4.69) is 24.1 Å². The molecule has 19 heavy (non-hydrogen) atoms. The Morgan fingerprint density at radius 2 is 2.11 bits per heavy atom. The fraction of sp³-hybridized carbons (Fsp3) is 1.00. The predicted octanol–water partition coefficient (Wildman–Crippen LogP) is 1.75. The van der Waals surface area contributed by atoms with E-state index in [9.17, 15) is 0 Å². The van der Waals surface area contributed by atoms with Crippen molar-refractivity contribution in [3.8, 4) is 0 Å². The summed E-state index contributed by atoms with van der Waals surface area (Å²) < 4.78 is 10.8. The summed E-state index contributed by atoms with van der Waals surface area (Å²) in [5, 5.41) is 3.49. The van der Waals surface area contributed by atoms with Gasteiger partial charge in [0, 0.05) is 39.4 Å². The molecule has 0 saturated carbocycles. The molecule has 1 saturated heterocycles. The standard InChI is InChI=1S/C15H32N2O2/c1-14(2)13-19-11-9-17-8-5-4-6-15(17)12-16-7-10-18-3/h14-16H,4-13H2,1-3H3. The lowest BCUT2D eigenvalue weighted by atomic mass is 10.0. The van der Waals surface area contributed by atoms with Crippen molar-refractivity contribution in [3.63, 3.8) is 0 Å². The molecule has 0 bridgehead atoms. The van der Waals surface area contributed by atoms with Crippen LogP contribution in [0.1, 0.15) is 33.1 Å². The van der Waals surface area contributed by atoms with Crippen LogP contribution < -0.4 is 5.32 Å². The largest absolute Gasteiger partial charge is 0.383 e. The first-order valence-electron chi connectivity index (χ1n) is 7.75. The number of piperidine rings is 1. The van der Waals surface area contributed by atoms with Crippen LogP contribution in [0.2, 0.25) is 0 Å². The minimum Gasteiger partial charge on any atom is -0.383 e.